The first-order chi connectivity index (χ1) is 10.2. The zero-order valence-electron chi connectivity index (χ0n) is 12.3. The van der Waals surface area contributed by atoms with E-state index >= 15 is 0 Å². The van der Waals surface area contributed by atoms with E-state index in [-0.39, 0.29) is 12.2 Å². The fourth-order valence-corrected chi connectivity index (χ4v) is 4.07. The molecule has 6 heteroatoms. The molecular weight excluding hydrogens is 286 g/mol. The normalized spacial score (nSPS) is 16.3. The molecule has 1 fully saturated rings. The van der Waals surface area contributed by atoms with Crippen molar-refractivity contribution in [3.63, 3.8) is 0 Å². The molecule has 2 heterocycles. The summed E-state index contributed by atoms with van der Waals surface area (Å²) in [4.78, 5) is 19.8. The van der Waals surface area contributed by atoms with Crippen LogP contribution in [0.4, 0.5) is 0 Å². The van der Waals surface area contributed by atoms with Crippen LogP contribution in [0.25, 0.3) is 4.96 Å². The molecule has 2 aromatic rings. The molecule has 0 amide bonds. The molecule has 1 saturated carbocycles. The van der Waals surface area contributed by atoms with Crippen LogP contribution in [0, 0.1) is 6.92 Å². The first-order valence-corrected chi connectivity index (χ1v) is 8.38. The number of aliphatic hydroxyl groups is 1. The number of aryl methyl sites for hydroxylation is 1. The van der Waals surface area contributed by atoms with Crippen molar-refractivity contribution >= 4 is 16.3 Å². The molecule has 1 aliphatic carbocycles. The average molecular weight is 307 g/mol. The van der Waals surface area contributed by atoms with Crippen LogP contribution in [0.5, 0.6) is 0 Å². The Bertz CT molecular complexity index is 673. The Hall–Kier alpha value is -1.24. The molecule has 0 aliphatic heterocycles. The van der Waals surface area contributed by atoms with E-state index in [1.165, 1.54) is 37.0 Å². The Kier molecular flexibility index (Phi) is 4.37. The Labute approximate surface area is 127 Å². The summed E-state index contributed by atoms with van der Waals surface area (Å²) < 4.78 is 1.65. The summed E-state index contributed by atoms with van der Waals surface area (Å²) in [6.45, 7) is 3.36. The second kappa shape index (κ2) is 6.25. The summed E-state index contributed by atoms with van der Waals surface area (Å²) in [7, 11) is 0. The summed E-state index contributed by atoms with van der Waals surface area (Å²) in [5, 5.41) is 11.2. The van der Waals surface area contributed by atoms with Crippen molar-refractivity contribution in [3.05, 3.63) is 33.2 Å². The molecule has 0 spiro atoms. The molecule has 0 saturated heterocycles. The second-order valence-corrected chi connectivity index (χ2v) is 6.55. The third-order valence-corrected chi connectivity index (χ3v) is 5.17. The first-order valence-electron chi connectivity index (χ1n) is 7.50. The van der Waals surface area contributed by atoms with E-state index in [0.717, 1.165) is 16.3 Å². The van der Waals surface area contributed by atoms with Gasteiger partial charge in [-0.05, 0) is 19.8 Å². The van der Waals surface area contributed by atoms with E-state index in [2.05, 4.69) is 9.88 Å². The first kappa shape index (κ1) is 14.7. The molecule has 0 atom stereocenters. The number of aliphatic hydroxyl groups excluding tert-OH is 1. The molecule has 1 N–H and O–H groups in total. The minimum atomic E-state index is -0.0101. The molecule has 114 valence electrons. The van der Waals surface area contributed by atoms with E-state index < -0.39 is 0 Å². The van der Waals surface area contributed by atoms with Gasteiger partial charge in [0.2, 0.25) is 0 Å². The highest BCUT2D eigenvalue weighted by molar-refractivity contribution is 7.15. The van der Waals surface area contributed by atoms with Crippen LogP contribution in [-0.4, -0.2) is 38.6 Å². The van der Waals surface area contributed by atoms with Gasteiger partial charge in [-0.1, -0.05) is 12.8 Å². The van der Waals surface area contributed by atoms with Crippen molar-refractivity contribution in [2.75, 3.05) is 13.2 Å². The van der Waals surface area contributed by atoms with Crippen molar-refractivity contribution in [2.24, 2.45) is 0 Å². The van der Waals surface area contributed by atoms with Crippen LogP contribution in [0.2, 0.25) is 0 Å². The zero-order valence-corrected chi connectivity index (χ0v) is 13.1. The van der Waals surface area contributed by atoms with Gasteiger partial charge in [0.05, 0.1) is 12.3 Å². The Balaban J connectivity index is 1.86. The van der Waals surface area contributed by atoms with Gasteiger partial charge in [0, 0.05) is 36.3 Å². The summed E-state index contributed by atoms with van der Waals surface area (Å²) in [6.07, 6.45) is 4.87. The van der Waals surface area contributed by atoms with Crippen molar-refractivity contribution in [3.8, 4) is 0 Å². The van der Waals surface area contributed by atoms with Gasteiger partial charge in [-0.2, -0.15) is 0 Å². The lowest BCUT2D eigenvalue weighted by atomic mass is 10.2. The maximum Gasteiger partial charge on any atom is 0.259 e. The number of hydrogen-bond acceptors (Lipinski definition) is 5. The predicted molar refractivity (Wildman–Crippen MR) is 83.8 cm³/mol. The average Bonchev–Trinajstić information content (AvgIpc) is 3.08. The third-order valence-electron chi connectivity index (χ3n) is 4.22. The smallest absolute Gasteiger partial charge is 0.259 e. The van der Waals surface area contributed by atoms with E-state index in [9.17, 15) is 9.90 Å². The Morgan fingerprint density at radius 2 is 2.24 bits per heavy atom. The van der Waals surface area contributed by atoms with Gasteiger partial charge >= 0.3 is 0 Å². The molecule has 1 aliphatic rings. The fraction of sp³-hybridized carbons (Fsp3) is 0.600. The molecule has 5 nitrogen and oxygen atoms in total. The van der Waals surface area contributed by atoms with Crippen LogP contribution in [0.15, 0.2) is 16.2 Å². The second-order valence-electron chi connectivity index (χ2n) is 5.71. The molecule has 0 aromatic carbocycles. The van der Waals surface area contributed by atoms with Gasteiger partial charge in [-0.25, -0.2) is 4.98 Å². The number of aromatic nitrogens is 2. The highest BCUT2D eigenvalue weighted by Crippen LogP contribution is 2.24. The topological polar surface area (TPSA) is 57.8 Å². The summed E-state index contributed by atoms with van der Waals surface area (Å²) in [5.74, 6) is 0. The lowest BCUT2D eigenvalue weighted by Crippen LogP contribution is -2.35. The standard InChI is InChI=1S/C15H21N3O2S/c1-11-10-21-15-16-12(8-14(20)18(11)15)9-17(6-7-19)13-4-2-3-5-13/h8,10,13,19H,2-7,9H2,1H3. The van der Waals surface area contributed by atoms with Crippen LogP contribution in [0.3, 0.4) is 0 Å². The lowest BCUT2D eigenvalue weighted by Gasteiger charge is -2.27. The molecule has 0 bridgehead atoms. The summed E-state index contributed by atoms with van der Waals surface area (Å²) in [6, 6.07) is 2.15. The van der Waals surface area contributed by atoms with E-state index in [1.807, 2.05) is 12.3 Å². The predicted octanol–water partition coefficient (Wildman–Crippen LogP) is 1.80. The van der Waals surface area contributed by atoms with Gasteiger partial charge in [0.25, 0.3) is 5.56 Å². The molecule has 3 rings (SSSR count). The Morgan fingerprint density at radius 3 is 2.95 bits per heavy atom. The van der Waals surface area contributed by atoms with Gasteiger partial charge < -0.3 is 5.11 Å². The van der Waals surface area contributed by atoms with Crippen LogP contribution in [-0.2, 0) is 6.54 Å². The lowest BCUT2D eigenvalue weighted by molar-refractivity contribution is 0.143. The van der Waals surface area contributed by atoms with E-state index in [0.29, 0.717) is 19.1 Å². The monoisotopic (exact) mass is 307 g/mol. The van der Waals surface area contributed by atoms with Crippen molar-refractivity contribution in [1.82, 2.24) is 14.3 Å². The van der Waals surface area contributed by atoms with Crippen LogP contribution < -0.4 is 5.56 Å². The Morgan fingerprint density at radius 1 is 1.48 bits per heavy atom. The highest BCUT2D eigenvalue weighted by Gasteiger charge is 2.23. The van der Waals surface area contributed by atoms with E-state index in [4.69, 9.17) is 0 Å². The number of nitrogens with zero attached hydrogens (tertiary/aromatic N) is 3. The SMILES string of the molecule is Cc1csc2nc(CN(CCO)C3CCCC3)cc(=O)n12. The number of rotatable bonds is 5. The van der Waals surface area contributed by atoms with Gasteiger partial charge in [-0.15, -0.1) is 11.3 Å². The fourth-order valence-electron chi connectivity index (χ4n) is 3.18. The molecule has 21 heavy (non-hydrogen) atoms. The van der Waals surface area contributed by atoms with Gasteiger partial charge in [0.1, 0.15) is 0 Å². The molecule has 2 aromatic heterocycles. The third kappa shape index (κ3) is 3.02. The van der Waals surface area contributed by atoms with Crippen molar-refractivity contribution in [2.45, 2.75) is 45.2 Å². The molecule has 0 unspecified atom stereocenters. The maximum absolute atomic E-state index is 12.2. The van der Waals surface area contributed by atoms with Gasteiger partial charge in [-0.3, -0.25) is 14.1 Å². The molecule has 0 radical (unpaired) electrons. The largest absolute Gasteiger partial charge is 0.395 e. The van der Waals surface area contributed by atoms with Crippen molar-refractivity contribution in [1.29, 1.82) is 0 Å². The minimum Gasteiger partial charge on any atom is -0.395 e. The number of thiazole rings is 1. The minimum absolute atomic E-state index is 0.0101. The zero-order chi connectivity index (χ0) is 14.8. The van der Waals surface area contributed by atoms with Crippen molar-refractivity contribution < 1.29 is 5.11 Å². The van der Waals surface area contributed by atoms with Gasteiger partial charge in [0.15, 0.2) is 4.96 Å². The number of fused-ring (bicyclic) bond motifs is 1. The van der Waals surface area contributed by atoms with Crippen LogP contribution in [0.1, 0.15) is 37.1 Å². The summed E-state index contributed by atoms with van der Waals surface area (Å²) in [5.41, 5.74) is 1.73. The highest BCUT2D eigenvalue weighted by atomic mass is 32.1. The summed E-state index contributed by atoms with van der Waals surface area (Å²) >= 11 is 1.50. The number of hydrogen-bond donors (Lipinski definition) is 1. The van der Waals surface area contributed by atoms with E-state index in [1.54, 1.807) is 10.5 Å². The maximum atomic E-state index is 12.2. The van der Waals surface area contributed by atoms with Crippen LogP contribution >= 0.6 is 11.3 Å². The quantitative estimate of drug-likeness (QED) is 0.915. The molecular formula is C15H21N3O2S.